The second-order valence-electron chi connectivity index (χ2n) is 2.49. The lowest BCUT2D eigenvalue weighted by Gasteiger charge is -2.08. The zero-order chi connectivity index (χ0) is 10.7. The second kappa shape index (κ2) is 4.65. The van der Waals surface area contributed by atoms with Crippen molar-refractivity contribution in [3.8, 4) is 5.88 Å². The molecule has 1 heterocycles. The van der Waals surface area contributed by atoms with Crippen LogP contribution in [0.4, 0.5) is 8.78 Å². The highest BCUT2D eigenvalue weighted by Gasteiger charge is 2.15. The Kier molecular flexibility index (Phi) is 3.77. The summed E-state index contributed by atoms with van der Waals surface area (Å²) in [6.07, 6.45) is -2.68. The normalized spacial score (nSPS) is 10.7. The summed E-state index contributed by atoms with van der Waals surface area (Å²) >= 11 is 3.09. The van der Waals surface area contributed by atoms with Crippen LogP contribution >= 0.6 is 15.9 Å². The first-order chi connectivity index (χ1) is 6.60. The number of halogens is 3. The van der Waals surface area contributed by atoms with Crippen molar-refractivity contribution < 1.29 is 18.6 Å². The number of rotatable bonds is 3. The molecule has 0 aromatic carbocycles. The number of ether oxygens (including phenoxy) is 1. The largest absolute Gasteiger partial charge is 0.480 e. The van der Waals surface area contributed by atoms with Crippen molar-refractivity contribution in [1.82, 2.24) is 4.98 Å². The van der Waals surface area contributed by atoms with Crippen molar-refractivity contribution in [2.45, 2.75) is 13.0 Å². The standard InChI is InChI=1S/C8H8BrF2NO2/c1-14-8-6(9)4(3-13)2-5(12-8)7(10)11/h2,7,13H,3H2,1H3. The Hall–Kier alpha value is -0.750. The smallest absolute Gasteiger partial charge is 0.280 e. The van der Waals surface area contributed by atoms with Gasteiger partial charge in [0.2, 0.25) is 5.88 Å². The van der Waals surface area contributed by atoms with E-state index in [2.05, 4.69) is 20.9 Å². The lowest BCUT2D eigenvalue weighted by atomic mass is 10.2. The van der Waals surface area contributed by atoms with Crippen LogP contribution in [-0.4, -0.2) is 17.2 Å². The van der Waals surface area contributed by atoms with E-state index in [-0.39, 0.29) is 12.5 Å². The molecule has 0 saturated heterocycles. The molecule has 14 heavy (non-hydrogen) atoms. The van der Waals surface area contributed by atoms with Crippen LogP contribution in [0.15, 0.2) is 10.5 Å². The fourth-order valence-corrected chi connectivity index (χ4v) is 1.43. The molecule has 0 unspecified atom stereocenters. The Morgan fingerprint density at radius 1 is 1.64 bits per heavy atom. The molecule has 3 nitrogen and oxygen atoms in total. The van der Waals surface area contributed by atoms with E-state index in [0.717, 1.165) is 6.07 Å². The fourth-order valence-electron chi connectivity index (χ4n) is 0.940. The van der Waals surface area contributed by atoms with Crippen LogP contribution in [0.2, 0.25) is 0 Å². The number of methoxy groups -OCH3 is 1. The van der Waals surface area contributed by atoms with Gasteiger partial charge in [0.25, 0.3) is 6.43 Å². The third-order valence-corrected chi connectivity index (χ3v) is 2.46. The van der Waals surface area contributed by atoms with Crippen molar-refractivity contribution in [3.63, 3.8) is 0 Å². The minimum Gasteiger partial charge on any atom is -0.480 e. The van der Waals surface area contributed by atoms with Crippen LogP contribution < -0.4 is 4.74 Å². The molecule has 1 aromatic rings. The highest BCUT2D eigenvalue weighted by atomic mass is 79.9. The Morgan fingerprint density at radius 3 is 2.71 bits per heavy atom. The molecule has 78 valence electrons. The van der Waals surface area contributed by atoms with E-state index < -0.39 is 12.1 Å². The second-order valence-corrected chi connectivity index (χ2v) is 3.28. The number of hydrogen-bond acceptors (Lipinski definition) is 3. The summed E-state index contributed by atoms with van der Waals surface area (Å²) in [5.41, 5.74) is -0.0822. The van der Waals surface area contributed by atoms with Gasteiger partial charge in [-0.05, 0) is 27.6 Å². The summed E-state index contributed by atoms with van der Waals surface area (Å²) in [6.45, 7) is -0.348. The van der Waals surface area contributed by atoms with E-state index in [4.69, 9.17) is 9.84 Å². The van der Waals surface area contributed by atoms with E-state index in [9.17, 15) is 8.78 Å². The van der Waals surface area contributed by atoms with Gasteiger partial charge < -0.3 is 9.84 Å². The van der Waals surface area contributed by atoms with Crippen molar-refractivity contribution in [3.05, 3.63) is 21.8 Å². The number of alkyl halides is 2. The molecule has 1 N–H and O–H groups in total. The van der Waals surface area contributed by atoms with Gasteiger partial charge in [-0.1, -0.05) is 0 Å². The maximum Gasteiger partial charge on any atom is 0.280 e. The summed E-state index contributed by atoms with van der Waals surface area (Å²) < 4.78 is 29.8. The first-order valence-corrected chi connectivity index (χ1v) is 4.51. The number of aromatic nitrogens is 1. The third-order valence-electron chi connectivity index (χ3n) is 1.61. The number of aliphatic hydroxyl groups is 1. The monoisotopic (exact) mass is 267 g/mol. The lowest BCUT2D eigenvalue weighted by molar-refractivity contribution is 0.144. The van der Waals surface area contributed by atoms with E-state index in [1.165, 1.54) is 7.11 Å². The highest BCUT2D eigenvalue weighted by molar-refractivity contribution is 9.10. The average Bonchev–Trinajstić information content (AvgIpc) is 2.17. The summed E-state index contributed by atoms with van der Waals surface area (Å²) in [5, 5.41) is 8.89. The van der Waals surface area contributed by atoms with Gasteiger partial charge in [-0.3, -0.25) is 0 Å². The van der Waals surface area contributed by atoms with Crippen molar-refractivity contribution >= 4 is 15.9 Å². The van der Waals surface area contributed by atoms with Gasteiger partial charge in [0.1, 0.15) is 5.69 Å². The molecule has 0 radical (unpaired) electrons. The SMILES string of the molecule is COc1nc(C(F)F)cc(CO)c1Br. The summed E-state index contributed by atoms with van der Waals surface area (Å²) in [5.74, 6) is 0.0480. The quantitative estimate of drug-likeness (QED) is 0.914. The Balaban J connectivity index is 3.25. The maximum atomic E-state index is 12.3. The number of aliphatic hydroxyl groups excluding tert-OH is 1. The lowest BCUT2D eigenvalue weighted by Crippen LogP contribution is -1.99. The molecule has 1 rings (SSSR count). The number of pyridine rings is 1. The van der Waals surface area contributed by atoms with Gasteiger partial charge in [0, 0.05) is 0 Å². The molecule has 0 bridgehead atoms. The predicted molar refractivity (Wildman–Crippen MR) is 49.4 cm³/mol. The fraction of sp³-hybridized carbons (Fsp3) is 0.375. The minimum atomic E-state index is -2.68. The van der Waals surface area contributed by atoms with Crippen molar-refractivity contribution in [2.75, 3.05) is 7.11 Å². The molecule has 0 atom stereocenters. The van der Waals surface area contributed by atoms with Gasteiger partial charge >= 0.3 is 0 Å². The molecular weight excluding hydrogens is 260 g/mol. The van der Waals surface area contributed by atoms with Crippen LogP contribution in [0, 0.1) is 0 Å². The van der Waals surface area contributed by atoms with Gasteiger partial charge in [-0.2, -0.15) is 0 Å². The molecule has 0 saturated carbocycles. The van der Waals surface area contributed by atoms with Crippen LogP contribution in [-0.2, 0) is 6.61 Å². The van der Waals surface area contributed by atoms with Gasteiger partial charge in [0.15, 0.2) is 0 Å². The van der Waals surface area contributed by atoms with E-state index in [0.29, 0.717) is 10.0 Å². The zero-order valence-electron chi connectivity index (χ0n) is 7.30. The summed E-state index contributed by atoms with van der Waals surface area (Å²) in [4.78, 5) is 3.57. The summed E-state index contributed by atoms with van der Waals surface area (Å²) in [6, 6.07) is 1.14. The Bertz CT molecular complexity index is 308. The predicted octanol–water partition coefficient (Wildman–Crippen LogP) is 2.28. The van der Waals surface area contributed by atoms with E-state index in [1.54, 1.807) is 0 Å². The van der Waals surface area contributed by atoms with Crippen molar-refractivity contribution in [1.29, 1.82) is 0 Å². The third kappa shape index (κ3) is 2.19. The number of nitrogens with zero attached hydrogens (tertiary/aromatic N) is 1. The molecule has 0 aliphatic carbocycles. The maximum absolute atomic E-state index is 12.3. The Morgan fingerprint density at radius 2 is 2.29 bits per heavy atom. The van der Waals surface area contributed by atoms with Gasteiger partial charge in [0.05, 0.1) is 18.2 Å². The van der Waals surface area contributed by atoms with Crippen LogP contribution in [0.1, 0.15) is 17.7 Å². The molecule has 6 heteroatoms. The van der Waals surface area contributed by atoms with Crippen LogP contribution in [0.25, 0.3) is 0 Å². The number of hydrogen-bond donors (Lipinski definition) is 1. The molecule has 0 aliphatic rings. The van der Waals surface area contributed by atoms with E-state index >= 15 is 0 Å². The first kappa shape index (κ1) is 11.3. The van der Waals surface area contributed by atoms with Gasteiger partial charge in [-0.25, -0.2) is 13.8 Å². The van der Waals surface area contributed by atoms with Crippen LogP contribution in [0.5, 0.6) is 5.88 Å². The van der Waals surface area contributed by atoms with E-state index in [1.807, 2.05) is 0 Å². The molecule has 1 aromatic heterocycles. The van der Waals surface area contributed by atoms with Crippen LogP contribution in [0.3, 0.4) is 0 Å². The summed E-state index contributed by atoms with van der Waals surface area (Å²) in [7, 11) is 1.32. The van der Waals surface area contributed by atoms with Crippen molar-refractivity contribution in [2.24, 2.45) is 0 Å². The molecule has 0 aliphatic heterocycles. The first-order valence-electron chi connectivity index (χ1n) is 3.72. The average molecular weight is 268 g/mol. The zero-order valence-corrected chi connectivity index (χ0v) is 8.88. The van der Waals surface area contributed by atoms with Gasteiger partial charge in [-0.15, -0.1) is 0 Å². The molecule has 0 amide bonds. The topological polar surface area (TPSA) is 42.4 Å². The Labute approximate surface area is 87.9 Å². The molecular formula is C8H8BrF2NO2. The molecule has 0 fully saturated rings. The minimum absolute atomic E-state index is 0.0480. The highest BCUT2D eigenvalue weighted by Crippen LogP contribution is 2.30. The molecule has 0 spiro atoms.